The summed E-state index contributed by atoms with van der Waals surface area (Å²) in [6, 6.07) is 3.64. The van der Waals surface area contributed by atoms with Crippen molar-refractivity contribution in [2.24, 2.45) is 7.05 Å². The van der Waals surface area contributed by atoms with Gasteiger partial charge in [0.1, 0.15) is 6.04 Å². The number of nitrogens with zero attached hydrogens (tertiary/aromatic N) is 4. The number of carbonyl (C=O) groups is 1. The van der Waals surface area contributed by atoms with Crippen molar-refractivity contribution < 1.29 is 4.79 Å². The maximum absolute atomic E-state index is 12.4. The van der Waals surface area contributed by atoms with Crippen molar-refractivity contribution in [2.45, 2.75) is 19.4 Å². The van der Waals surface area contributed by atoms with E-state index in [0.29, 0.717) is 6.54 Å². The molecule has 20 heavy (non-hydrogen) atoms. The van der Waals surface area contributed by atoms with Crippen LogP contribution in [0.5, 0.6) is 0 Å². The second kappa shape index (κ2) is 4.96. The standard InChI is InChI=1S/C14H17N5O/c1-10-7-11(3-5-15-10)17-13-4-6-19(14(13)20)12-8-16-18(2)9-12/h3,5,7-9,13H,4,6H2,1-2H3,(H,15,17). The minimum absolute atomic E-state index is 0.0902. The van der Waals surface area contributed by atoms with Gasteiger partial charge in [0.2, 0.25) is 5.91 Å². The Bertz CT molecular complexity index is 636. The molecule has 1 amide bonds. The topological polar surface area (TPSA) is 63.1 Å². The molecule has 6 heteroatoms. The minimum atomic E-state index is -0.183. The van der Waals surface area contributed by atoms with Crippen molar-refractivity contribution in [1.29, 1.82) is 0 Å². The Balaban J connectivity index is 1.73. The van der Waals surface area contributed by atoms with E-state index in [9.17, 15) is 4.79 Å². The molecule has 1 fully saturated rings. The third-order valence-corrected chi connectivity index (χ3v) is 3.45. The fourth-order valence-electron chi connectivity index (χ4n) is 2.45. The van der Waals surface area contributed by atoms with Gasteiger partial charge < -0.3 is 10.2 Å². The van der Waals surface area contributed by atoms with E-state index in [1.165, 1.54) is 0 Å². The first-order valence-electron chi connectivity index (χ1n) is 6.63. The molecular formula is C14H17N5O. The smallest absolute Gasteiger partial charge is 0.249 e. The Hall–Kier alpha value is -2.37. The molecule has 0 saturated carbocycles. The van der Waals surface area contributed by atoms with Crippen LogP contribution < -0.4 is 10.2 Å². The molecule has 0 radical (unpaired) electrons. The molecule has 104 valence electrons. The molecule has 1 unspecified atom stereocenters. The van der Waals surface area contributed by atoms with Crippen molar-refractivity contribution in [3.63, 3.8) is 0 Å². The lowest BCUT2D eigenvalue weighted by atomic mass is 10.2. The zero-order valence-corrected chi connectivity index (χ0v) is 11.6. The van der Waals surface area contributed by atoms with E-state index in [1.54, 1.807) is 22.0 Å². The summed E-state index contributed by atoms with van der Waals surface area (Å²) >= 11 is 0. The number of pyridine rings is 1. The molecule has 1 saturated heterocycles. The molecule has 0 spiro atoms. The predicted octanol–water partition coefficient (Wildman–Crippen LogP) is 1.34. The zero-order chi connectivity index (χ0) is 14.1. The Labute approximate surface area is 117 Å². The number of hydrogen-bond donors (Lipinski definition) is 1. The highest BCUT2D eigenvalue weighted by Crippen LogP contribution is 2.23. The molecule has 0 bridgehead atoms. The summed E-state index contributed by atoms with van der Waals surface area (Å²) in [4.78, 5) is 18.3. The minimum Gasteiger partial charge on any atom is -0.374 e. The average molecular weight is 271 g/mol. The van der Waals surface area contributed by atoms with E-state index in [1.807, 2.05) is 32.3 Å². The van der Waals surface area contributed by atoms with Gasteiger partial charge in [0.05, 0.1) is 11.9 Å². The van der Waals surface area contributed by atoms with E-state index in [0.717, 1.165) is 23.5 Å². The molecule has 1 atom stereocenters. The van der Waals surface area contributed by atoms with Gasteiger partial charge in [0.25, 0.3) is 0 Å². The largest absolute Gasteiger partial charge is 0.374 e. The van der Waals surface area contributed by atoms with E-state index >= 15 is 0 Å². The first-order chi connectivity index (χ1) is 9.63. The first-order valence-corrected chi connectivity index (χ1v) is 6.63. The van der Waals surface area contributed by atoms with Crippen LogP contribution in [0.3, 0.4) is 0 Å². The number of nitrogens with one attached hydrogen (secondary N) is 1. The maximum atomic E-state index is 12.4. The molecule has 2 aromatic heterocycles. The highest BCUT2D eigenvalue weighted by atomic mass is 16.2. The number of aryl methyl sites for hydroxylation is 2. The van der Waals surface area contributed by atoms with Crippen LogP contribution in [0.15, 0.2) is 30.7 Å². The van der Waals surface area contributed by atoms with Crippen molar-refractivity contribution in [3.8, 4) is 0 Å². The van der Waals surface area contributed by atoms with Gasteiger partial charge >= 0.3 is 0 Å². The van der Waals surface area contributed by atoms with Gasteiger partial charge in [-0.15, -0.1) is 0 Å². The van der Waals surface area contributed by atoms with Crippen LogP contribution in [0.25, 0.3) is 0 Å². The SMILES string of the molecule is Cc1cc(NC2CCN(c3cnn(C)c3)C2=O)ccn1. The van der Waals surface area contributed by atoms with Crippen LogP contribution in [0.2, 0.25) is 0 Å². The molecule has 3 rings (SSSR count). The summed E-state index contributed by atoms with van der Waals surface area (Å²) in [5, 5.41) is 7.39. The molecule has 0 aliphatic carbocycles. The number of aromatic nitrogens is 3. The molecule has 2 aromatic rings. The lowest BCUT2D eigenvalue weighted by Gasteiger charge is -2.16. The maximum Gasteiger partial charge on any atom is 0.249 e. The van der Waals surface area contributed by atoms with Gasteiger partial charge in [-0.05, 0) is 25.5 Å². The summed E-state index contributed by atoms with van der Waals surface area (Å²) in [6.45, 7) is 2.65. The van der Waals surface area contributed by atoms with Crippen molar-refractivity contribution in [2.75, 3.05) is 16.8 Å². The van der Waals surface area contributed by atoms with Gasteiger partial charge in [-0.3, -0.25) is 14.5 Å². The lowest BCUT2D eigenvalue weighted by Crippen LogP contribution is -2.33. The quantitative estimate of drug-likeness (QED) is 0.915. The summed E-state index contributed by atoms with van der Waals surface area (Å²) in [6.07, 6.45) is 6.11. The highest BCUT2D eigenvalue weighted by molar-refractivity contribution is 6.00. The summed E-state index contributed by atoms with van der Waals surface area (Å²) in [7, 11) is 1.85. The molecule has 1 N–H and O–H groups in total. The van der Waals surface area contributed by atoms with Crippen LogP contribution in [-0.4, -0.2) is 33.3 Å². The Morgan fingerprint density at radius 2 is 2.30 bits per heavy atom. The van der Waals surface area contributed by atoms with Gasteiger partial charge in [-0.1, -0.05) is 0 Å². The lowest BCUT2D eigenvalue weighted by molar-refractivity contribution is -0.117. The van der Waals surface area contributed by atoms with Crippen LogP contribution in [0.1, 0.15) is 12.1 Å². The first kappa shape index (κ1) is 12.7. The van der Waals surface area contributed by atoms with Gasteiger partial charge in [-0.2, -0.15) is 5.10 Å². The molecule has 0 aromatic carbocycles. The number of rotatable bonds is 3. The zero-order valence-electron chi connectivity index (χ0n) is 11.6. The van der Waals surface area contributed by atoms with E-state index < -0.39 is 0 Å². The Morgan fingerprint density at radius 1 is 1.45 bits per heavy atom. The predicted molar refractivity (Wildman–Crippen MR) is 76.6 cm³/mol. The monoisotopic (exact) mass is 271 g/mol. The van der Waals surface area contributed by atoms with Crippen LogP contribution in [0.4, 0.5) is 11.4 Å². The highest BCUT2D eigenvalue weighted by Gasteiger charge is 2.33. The van der Waals surface area contributed by atoms with Crippen molar-refractivity contribution >= 4 is 17.3 Å². The summed E-state index contributed by atoms with van der Waals surface area (Å²) in [5.41, 5.74) is 2.72. The Kier molecular flexibility index (Phi) is 3.14. The second-order valence-electron chi connectivity index (χ2n) is 5.03. The van der Waals surface area contributed by atoms with E-state index in [4.69, 9.17) is 0 Å². The van der Waals surface area contributed by atoms with Gasteiger partial charge in [0.15, 0.2) is 0 Å². The molecule has 1 aliphatic heterocycles. The number of amides is 1. The summed E-state index contributed by atoms with van der Waals surface area (Å²) in [5.74, 6) is 0.0902. The van der Waals surface area contributed by atoms with E-state index in [-0.39, 0.29) is 11.9 Å². The van der Waals surface area contributed by atoms with Crippen LogP contribution in [0, 0.1) is 6.92 Å². The summed E-state index contributed by atoms with van der Waals surface area (Å²) < 4.78 is 1.70. The van der Waals surface area contributed by atoms with E-state index in [2.05, 4.69) is 15.4 Å². The van der Waals surface area contributed by atoms with Crippen molar-refractivity contribution in [3.05, 3.63) is 36.4 Å². The fourth-order valence-corrected chi connectivity index (χ4v) is 2.45. The molecule has 6 nitrogen and oxygen atoms in total. The third-order valence-electron chi connectivity index (χ3n) is 3.45. The molecule has 3 heterocycles. The average Bonchev–Trinajstić information content (AvgIpc) is 2.97. The normalized spacial score (nSPS) is 18.6. The van der Waals surface area contributed by atoms with Crippen LogP contribution >= 0.6 is 0 Å². The number of carbonyl (C=O) groups excluding carboxylic acids is 1. The number of anilines is 2. The van der Waals surface area contributed by atoms with Crippen LogP contribution in [-0.2, 0) is 11.8 Å². The Morgan fingerprint density at radius 3 is 3.00 bits per heavy atom. The fraction of sp³-hybridized carbons (Fsp3) is 0.357. The number of hydrogen-bond acceptors (Lipinski definition) is 4. The van der Waals surface area contributed by atoms with Gasteiger partial charge in [-0.25, -0.2) is 0 Å². The molecular weight excluding hydrogens is 254 g/mol. The third kappa shape index (κ3) is 2.36. The molecule has 1 aliphatic rings. The van der Waals surface area contributed by atoms with Gasteiger partial charge in [0, 0.05) is 37.4 Å². The second-order valence-corrected chi connectivity index (χ2v) is 5.03. The van der Waals surface area contributed by atoms with Crippen molar-refractivity contribution in [1.82, 2.24) is 14.8 Å².